The number of carbonyl (C=O) groups is 1. The molecule has 68 valence electrons. The Bertz CT molecular complexity index is 172. The van der Waals surface area contributed by atoms with Gasteiger partial charge in [0, 0.05) is 12.5 Å². The zero-order chi connectivity index (χ0) is 9.40. The molecule has 1 amide bonds. The highest BCUT2D eigenvalue weighted by Crippen LogP contribution is 1.94. The number of nitrogens with one attached hydrogen (secondary N) is 2. The molecule has 0 saturated heterocycles. The molecule has 0 aromatic heterocycles. The van der Waals surface area contributed by atoms with Gasteiger partial charge in [-0.25, -0.2) is 0 Å². The van der Waals surface area contributed by atoms with E-state index >= 15 is 0 Å². The van der Waals surface area contributed by atoms with Crippen LogP contribution >= 0.6 is 0 Å². The van der Waals surface area contributed by atoms with Crippen molar-refractivity contribution in [2.75, 3.05) is 13.6 Å². The summed E-state index contributed by atoms with van der Waals surface area (Å²) < 4.78 is 0. The van der Waals surface area contributed by atoms with Gasteiger partial charge in [0.25, 0.3) is 0 Å². The SMILES string of the molecule is C#CCC(CC)NC(=O)CNC. The first-order valence-electron chi connectivity index (χ1n) is 4.12. The molecule has 0 aliphatic heterocycles. The molecule has 0 heterocycles. The lowest BCUT2D eigenvalue weighted by Crippen LogP contribution is -2.39. The van der Waals surface area contributed by atoms with Crippen molar-refractivity contribution >= 4 is 5.91 Å². The van der Waals surface area contributed by atoms with Crippen molar-refractivity contribution in [3.63, 3.8) is 0 Å². The van der Waals surface area contributed by atoms with E-state index in [0.29, 0.717) is 13.0 Å². The number of rotatable bonds is 5. The fourth-order valence-electron chi connectivity index (χ4n) is 0.879. The van der Waals surface area contributed by atoms with E-state index in [1.165, 1.54) is 0 Å². The van der Waals surface area contributed by atoms with Crippen LogP contribution in [0.5, 0.6) is 0 Å². The molecule has 0 aromatic carbocycles. The van der Waals surface area contributed by atoms with E-state index in [0.717, 1.165) is 6.42 Å². The van der Waals surface area contributed by atoms with E-state index in [1.54, 1.807) is 7.05 Å². The van der Waals surface area contributed by atoms with Crippen LogP contribution in [0, 0.1) is 12.3 Å². The third-order valence-electron chi connectivity index (χ3n) is 1.56. The lowest BCUT2D eigenvalue weighted by atomic mass is 10.1. The fraction of sp³-hybridized carbons (Fsp3) is 0.667. The third-order valence-corrected chi connectivity index (χ3v) is 1.56. The first-order chi connectivity index (χ1) is 5.74. The number of terminal acetylenes is 1. The fourth-order valence-corrected chi connectivity index (χ4v) is 0.879. The normalized spacial score (nSPS) is 11.8. The molecule has 0 aromatic rings. The van der Waals surface area contributed by atoms with Gasteiger partial charge in [-0.1, -0.05) is 6.92 Å². The van der Waals surface area contributed by atoms with E-state index in [-0.39, 0.29) is 11.9 Å². The molecule has 3 nitrogen and oxygen atoms in total. The van der Waals surface area contributed by atoms with Crippen LogP contribution in [0.2, 0.25) is 0 Å². The average molecular weight is 168 g/mol. The van der Waals surface area contributed by atoms with Crippen molar-refractivity contribution in [2.24, 2.45) is 0 Å². The van der Waals surface area contributed by atoms with Gasteiger partial charge in [0.1, 0.15) is 0 Å². The van der Waals surface area contributed by atoms with Crippen LogP contribution in [0.15, 0.2) is 0 Å². The van der Waals surface area contributed by atoms with Gasteiger partial charge in [-0.3, -0.25) is 4.79 Å². The number of amides is 1. The first kappa shape index (κ1) is 11.0. The van der Waals surface area contributed by atoms with Gasteiger partial charge in [-0.05, 0) is 13.5 Å². The maximum absolute atomic E-state index is 11.0. The molecule has 0 radical (unpaired) electrons. The van der Waals surface area contributed by atoms with Gasteiger partial charge in [-0.15, -0.1) is 12.3 Å². The molecule has 3 heteroatoms. The van der Waals surface area contributed by atoms with Crippen LogP contribution in [-0.4, -0.2) is 25.5 Å². The monoisotopic (exact) mass is 168 g/mol. The van der Waals surface area contributed by atoms with Crippen LogP contribution < -0.4 is 10.6 Å². The van der Waals surface area contributed by atoms with Gasteiger partial charge < -0.3 is 10.6 Å². The van der Waals surface area contributed by atoms with Crippen molar-refractivity contribution in [3.05, 3.63) is 0 Å². The Hall–Kier alpha value is -1.01. The van der Waals surface area contributed by atoms with E-state index in [2.05, 4.69) is 16.6 Å². The zero-order valence-corrected chi connectivity index (χ0v) is 7.68. The van der Waals surface area contributed by atoms with Gasteiger partial charge in [0.05, 0.1) is 6.54 Å². The average Bonchev–Trinajstić information content (AvgIpc) is 2.04. The smallest absolute Gasteiger partial charge is 0.234 e. The standard InChI is InChI=1S/C9H16N2O/c1-4-6-8(5-2)11-9(12)7-10-3/h1,8,10H,5-7H2,2-3H3,(H,11,12). The van der Waals surface area contributed by atoms with Gasteiger partial charge in [-0.2, -0.15) is 0 Å². The topological polar surface area (TPSA) is 41.1 Å². The Balaban J connectivity index is 3.70. The quantitative estimate of drug-likeness (QED) is 0.573. The lowest BCUT2D eigenvalue weighted by molar-refractivity contribution is -0.120. The summed E-state index contributed by atoms with van der Waals surface area (Å²) in [6, 6.07) is 0.121. The largest absolute Gasteiger partial charge is 0.351 e. The van der Waals surface area contributed by atoms with E-state index in [1.807, 2.05) is 6.92 Å². The lowest BCUT2D eigenvalue weighted by Gasteiger charge is -2.13. The number of hydrogen-bond acceptors (Lipinski definition) is 2. The number of carbonyl (C=O) groups excluding carboxylic acids is 1. The van der Waals surface area contributed by atoms with Crippen LogP contribution in [0.25, 0.3) is 0 Å². The molecular formula is C9H16N2O. The maximum Gasteiger partial charge on any atom is 0.234 e. The summed E-state index contributed by atoms with van der Waals surface area (Å²) >= 11 is 0. The van der Waals surface area contributed by atoms with Gasteiger partial charge in [0.2, 0.25) is 5.91 Å². The Morgan fingerprint density at radius 3 is 2.75 bits per heavy atom. The van der Waals surface area contributed by atoms with Crippen LogP contribution in [0.3, 0.4) is 0 Å². The molecule has 1 unspecified atom stereocenters. The Labute approximate surface area is 73.9 Å². The summed E-state index contributed by atoms with van der Waals surface area (Å²) in [4.78, 5) is 11.0. The highest BCUT2D eigenvalue weighted by Gasteiger charge is 2.07. The minimum Gasteiger partial charge on any atom is -0.351 e. The van der Waals surface area contributed by atoms with Gasteiger partial charge in [0.15, 0.2) is 0 Å². The van der Waals surface area contributed by atoms with Crippen LogP contribution in [-0.2, 0) is 4.79 Å². The van der Waals surface area contributed by atoms with Crippen molar-refractivity contribution < 1.29 is 4.79 Å². The molecule has 0 aliphatic rings. The maximum atomic E-state index is 11.0. The summed E-state index contributed by atoms with van der Waals surface area (Å²) in [7, 11) is 1.74. The van der Waals surface area contributed by atoms with Crippen LogP contribution in [0.4, 0.5) is 0 Å². The Morgan fingerprint density at radius 2 is 2.33 bits per heavy atom. The number of hydrogen-bond donors (Lipinski definition) is 2. The molecule has 0 spiro atoms. The molecule has 1 atom stereocenters. The minimum absolute atomic E-state index is 0.000370. The van der Waals surface area contributed by atoms with Crippen molar-refractivity contribution in [3.8, 4) is 12.3 Å². The first-order valence-corrected chi connectivity index (χ1v) is 4.12. The predicted molar refractivity (Wildman–Crippen MR) is 49.6 cm³/mol. The molecule has 0 aliphatic carbocycles. The second kappa shape index (κ2) is 6.68. The highest BCUT2D eigenvalue weighted by atomic mass is 16.1. The molecule has 0 bridgehead atoms. The summed E-state index contributed by atoms with van der Waals surface area (Å²) in [6.45, 7) is 2.35. The second-order valence-electron chi connectivity index (χ2n) is 2.61. The Kier molecular flexibility index (Phi) is 6.12. The van der Waals surface area contributed by atoms with Crippen molar-refractivity contribution in [1.82, 2.24) is 10.6 Å². The van der Waals surface area contributed by atoms with E-state index in [9.17, 15) is 4.79 Å². The highest BCUT2D eigenvalue weighted by molar-refractivity contribution is 5.78. The molecular weight excluding hydrogens is 152 g/mol. The molecule has 0 fully saturated rings. The summed E-state index contributed by atoms with van der Waals surface area (Å²) in [5, 5.41) is 5.60. The summed E-state index contributed by atoms with van der Waals surface area (Å²) in [5.74, 6) is 2.53. The summed E-state index contributed by atoms with van der Waals surface area (Å²) in [5.41, 5.74) is 0. The third kappa shape index (κ3) is 4.75. The van der Waals surface area contributed by atoms with E-state index < -0.39 is 0 Å². The van der Waals surface area contributed by atoms with Gasteiger partial charge >= 0.3 is 0 Å². The Morgan fingerprint density at radius 1 is 1.67 bits per heavy atom. The molecule has 0 saturated carbocycles. The van der Waals surface area contributed by atoms with Crippen molar-refractivity contribution in [1.29, 1.82) is 0 Å². The molecule has 0 rings (SSSR count). The van der Waals surface area contributed by atoms with Crippen LogP contribution in [0.1, 0.15) is 19.8 Å². The zero-order valence-electron chi connectivity index (χ0n) is 7.68. The summed E-state index contributed by atoms with van der Waals surface area (Å²) in [6.07, 6.45) is 6.62. The molecule has 2 N–H and O–H groups in total. The minimum atomic E-state index is -0.000370. The predicted octanol–water partition coefficient (Wildman–Crippen LogP) is 0.124. The molecule has 12 heavy (non-hydrogen) atoms. The number of likely N-dealkylation sites (N-methyl/N-ethyl adjacent to an activating group) is 1. The van der Waals surface area contributed by atoms with Crippen molar-refractivity contribution in [2.45, 2.75) is 25.8 Å². The van der Waals surface area contributed by atoms with E-state index in [4.69, 9.17) is 6.42 Å². The second-order valence-corrected chi connectivity index (χ2v) is 2.61.